The molecule has 2 heterocycles. The molecule has 2 N–H and O–H groups in total. The molecular formula is C22H25N3O. The van der Waals surface area contributed by atoms with Crippen LogP contribution in [0, 0.1) is 13.8 Å². The van der Waals surface area contributed by atoms with Crippen molar-refractivity contribution in [1.29, 1.82) is 0 Å². The Morgan fingerprint density at radius 2 is 1.81 bits per heavy atom. The summed E-state index contributed by atoms with van der Waals surface area (Å²) in [6, 6.07) is 6.16. The molecule has 1 saturated heterocycles. The van der Waals surface area contributed by atoms with Gasteiger partial charge in [0.15, 0.2) is 5.78 Å². The van der Waals surface area contributed by atoms with Crippen LogP contribution in [-0.4, -0.2) is 28.8 Å². The molecule has 0 saturated carbocycles. The molecule has 1 aliphatic carbocycles. The van der Waals surface area contributed by atoms with Crippen LogP contribution in [0.5, 0.6) is 0 Å². The third-order valence-corrected chi connectivity index (χ3v) is 5.52. The molecule has 1 aliphatic heterocycles. The zero-order valence-electron chi connectivity index (χ0n) is 15.5. The smallest absolute Gasteiger partial charge is 0.187 e. The lowest BCUT2D eigenvalue weighted by Gasteiger charge is -2.19. The fourth-order valence-electron chi connectivity index (χ4n) is 3.99. The monoisotopic (exact) mass is 347 g/mol. The maximum atomic E-state index is 12.7. The number of benzene rings is 1. The summed E-state index contributed by atoms with van der Waals surface area (Å²) in [7, 11) is 0. The van der Waals surface area contributed by atoms with Gasteiger partial charge in [0.1, 0.15) is 0 Å². The van der Waals surface area contributed by atoms with E-state index in [2.05, 4.69) is 22.0 Å². The molecule has 4 nitrogen and oxygen atoms in total. The van der Waals surface area contributed by atoms with E-state index >= 15 is 0 Å². The summed E-state index contributed by atoms with van der Waals surface area (Å²) in [5.74, 6) is 0.0594. The summed E-state index contributed by atoms with van der Waals surface area (Å²) in [6.07, 6.45) is 6.93. The molecule has 1 aromatic heterocycles. The minimum Gasteiger partial charge on any atom is -0.398 e. The molecular weight excluding hydrogens is 322 g/mol. The van der Waals surface area contributed by atoms with E-state index in [1.165, 1.54) is 12.8 Å². The molecule has 1 fully saturated rings. The first-order valence-electron chi connectivity index (χ1n) is 9.33. The molecule has 2 aromatic rings. The number of rotatable bonds is 3. The Labute approximate surface area is 154 Å². The highest BCUT2D eigenvalue weighted by Crippen LogP contribution is 2.30. The third kappa shape index (κ3) is 3.17. The Kier molecular flexibility index (Phi) is 4.37. The second-order valence-corrected chi connectivity index (χ2v) is 7.56. The molecule has 4 rings (SSSR count). The van der Waals surface area contributed by atoms with E-state index in [4.69, 9.17) is 5.73 Å². The van der Waals surface area contributed by atoms with Gasteiger partial charge in [0.05, 0.1) is 5.69 Å². The van der Waals surface area contributed by atoms with Crippen molar-refractivity contribution in [2.75, 3.05) is 18.8 Å². The van der Waals surface area contributed by atoms with Gasteiger partial charge in [-0.1, -0.05) is 0 Å². The van der Waals surface area contributed by atoms with Crippen LogP contribution < -0.4 is 5.73 Å². The molecule has 4 heteroatoms. The van der Waals surface area contributed by atoms with Gasteiger partial charge in [-0.25, -0.2) is 0 Å². The van der Waals surface area contributed by atoms with Crippen LogP contribution in [0.15, 0.2) is 30.5 Å². The fourth-order valence-corrected chi connectivity index (χ4v) is 3.99. The Bertz CT molecular complexity index is 885. The zero-order valence-corrected chi connectivity index (χ0v) is 15.5. The predicted octanol–water partition coefficient (Wildman–Crippen LogP) is 3.70. The Morgan fingerprint density at radius 1 is 1.12 bits per heavy atom. The number of pyridine rings is 1. The van der Waals surface area contributed by atoms with Crippen molar-refractivity contribution in [3.8, 4) is 0 Å². The van der Waals surface area contributed by atoms with Crippen LogP contribution in [0.3, 0.4) is 0 Å². The molecule has 1 aromatic carbocycles. The van der Waals surface area contributed by atoms with Crippen LogP contribution in [0.1, 0.15) is 51.1 Å². The first kappa shape index (κ1) is 17.0. The molecule has 0 amide bonds. The number of aromatic nitrogens is 1. The first-order chi connectivity index (χ1) is 12.5. The Hall–Kier alpha value is -2.46. The number of hydrogen-bond acceptors (Lipinski definition) is 4. The highest BCUT2D eigenvalue weighted by atomic mass is 16.1. The number of carbonyl (C=O) groups is 1. The lowest BCUT2D eigenvalue weighted by atomic mass is 9.88. The maximum absolute atomic E-state index is 12.7. The quantitative estimate of drug-likeness (QED) is 0.860. The fraction of sp³-hybridized carbons (Fsp3) is 0.364. The molecule has 0 bridgehead atoms. The molecule has 0 radical (unpaired) electrons. The van der Waals surface area contributed by atoms with Crippen LogP contribution in [0.4, 0.5) is 5.69 Å². The third-order valence-electron chi connectivity index (χ3n) is 5.52. The largest absolute Gasteiger partial charge is 0.398 e. The minimum atomic E-state index is 0.0594. The number of allylic oxidation sites excluding steroid dienone is 2. The summed E-state index contributed by atoms with van der Waals surface area (Å²) >= 11 is 0. The zero-order chi connectivity index (χ0) is 18.3. The van der Waals surface area contributed by atoms with Crippen molar-refractivity contribution < 1.29 is 4.79 Å². The van der Waals surface area contributed by atoms with Crippen molar-refractivity contribution in [3.05, 3.63) is 64.0 Å². The van der Waals surface area contributed by atoms with Gasteiger partial charge in [0, 0.05) is 30.4 Å². The first-order valence-corrected chi connectivity index (χ1v) is 9.33. The molecule has 0 spiro atoms. The van der Waals surface area contributed by atoms with E-state index in [1.807, 2.05) is 26.1 Å². The predicted molar refractivity (Wildman–Crippen MR) is 105 cm³/mol. The van der Waals surface area contributed by atoms with E-state index in [1.54, 1.807) is 6.08 Å². The highest BCUT2D eigenvalue weighted by Gasteiger charge is 2.22. The van der Waals surface area contributed by atoms with Gasteiger partial charge in [-0.2, -0.15) is 0 Å². The van der Waals surface area contributed by atoms with Gasteiger partial charge < -0.3 is 5.73 Å². The lowest BCUT2D eigenvalue weighted by Crippen LogP contribution is -2.19. The number of likely N-dealkylation sites (tertiary alicyclic amines) is 1. The number of fused-ring (bicyclic) bond motifs is 1. The maximum Gasteiger partial charge on any atom is 0.187 e. The number of ketones is 1. The van der Waals surface area contributed by atoms with E-state index < -0.39 is 0 Å². The number of carbonyl (C=O) groups excluding carboxylic acids is 1. The molecule has 2 aliphatic rings. The van der Waals surface area contributed by atoms with Crippen LogP contribution in [0.2, 0.25) is 0 Å². The number of hydrogen-bond donors (Lipinski definition) is 1. The van der Waals surface area contributed by atoms with Crippen molar-refractivity contribution >= 4 is 17.0 Å². The number of aryl methyl sites for hydroxylation is 2. The van der Waals surface area contributed by atoms with Gasteiger partial charge in [-0.3, -0.25) is 14.7 Å². The van der Waals surface area contributed by atoms with Gasteiger partial charge >= 0.3 is 0 Å². The second kappa shape index (κ2) is 6.69. The molecule has 0 unspecified atom stereocenters. The van der Waals surface area contributed by atoms with E-state index in [9.17, 15) is 4.79 Å². The van der Waals surface area contributed by atoms with Gasteiger partial charge in [0.2, 0.25) is 0 Å². The van der Waals surface area contributed by atoms with E-state index in [0.717, 1.165) is 64.4 Å². The molecule has 26 heavy (non-hydrogen) atoms. The van der Waals surface area contributed by atoms with Crippen molar-refractivity contribution in [2.45, 2.75) is 39.7 Å². The van der Waals surface area contributed by atoms with Crippen LogP contribution in [-0.2, 0) is 13.0 Å². The van der Waals surface area contributed by atoms with Crippen molar-refractivity contribution in [3.63, 3.8) is 0 Å². The molecule has 134 valence electrons. The highest BCUT2D eigenvalue weighted by molar-refractivity contribution is 6.11. The van der Waals surface area contributed by atoms with Gasteiger partial charge in [0.25, 0.3) is 0 Å². The average Bonchev–Trinajstić information content (AvgIpc) is 3.12. The normalized spacial score (nSPS) is 17.3. The average molecular weight is 347 g/mol. The summed E-state index contributed by atoms with van der Waals surface area (Å²) in [5.41, 5.74) is 13.8. The van der Waals surface area contributed by atoms with E-state index in [0.29, 0.717) is 6.42 Å². The minimum absolute atomic E-state index is 0.0594. The Morgan fingerprint density at radius 3 is 2.50 bits per heavy atom. The van der Waals surface area contributed by atoms with Gasteiger partial charge in [-0.05, 0) is 91.9 Å². The number of nitrogen functional groups attached to an aromatic ring is 1. The van der Waals surface area contributed by atoms with E-state index in [-0.39, 0.29) is 5.78 Å². The van der Waals surface area contributed by atoms with Crippen LogP contribution in [0.25, 0.3) is 5.57 Å². The van der Waals surface area contributed by atoms with Crippen molar-refractivity contribution in [1.82, 2.24) is 9.88 Å². The summed E-state index contributed by atoms with van der Waals surface area (Å²) in [6.45, 7) is 7.19. The summed E-state index contributed by atoms with van der Waals surface area (Å²) in [4.78, 5) is 19.8. The summed E-state index contributed by atoms with van der Waals surface area (Å²) < 4.78 is 0. The number of nitrogens with two attached hydrogens (primary N) is 1. The second-order valence-electron chi connectivity index (χ2n) is 7.56. The topological polar surface area (TPSA) is 59.2 Å². The standard InChI is InChI=1S/C22H25N3O/c1-14-7-17(8-15(2)22(14)23)18-10-20-19(21(26)11-18)9-16(12-24-20)13-25-5-3-4-6-25/h7-9,11-12H,3-6,10,13,23H2,1-2H3. The number of anilines is 1. The SMILES string of the molecule is Cc1cc(C2=CC(=O)c3cc(CN4CCCC4)cnc3C2)cc(C)c1N. The Balaban J connectivity index is 1.61. The lowest BCUT2D eigenvalue weighted by molar-refractivity contribution is 0.104. The summed E-state index contributed by atoms with van der Waals surface area (Å²) in [5, 5.41) is 0. The molecule has 0 atom stereocenters. The van der Waals surface area contributed by atoms with Crippen molar-refractivity contribution in [2.24, 2.45) is 0 Å². The number of nitrogens with zero attached hydrogens (tertiary/aromatic N) is 2. The van der Waals surface area contributed by atoms with Crippen LogP contribution >= 0.6 is 0 Å². The van der Waals surface area contributed by atoms with Gasteiger partial charge in [-0.15, -0.1) is 0 Å².